The second-order valence-electron chi connectivity index (χ2n) is 4.72. The lowest BCUT2D eigenvalue weighted by atomic mass is 10.1. The third-order valence-corrected chi connectivity index (χ3v) is 3.28. The van der Waals surface area contributed by atoms with Gasteiger partial charge in [-0.05, 0) is 18.2 Å². The summed E-state index contributed by atoms with van der Waals surface area (Å²) in [5.41, 5.74) is 8.04. The molecule has 3 N–H and O–H groups in total. The molecule has 2 aromatic carbocycles. The van der Waals surface area contributed by atoms with E-state index >= 15 is 0 Å². The number of aromatic carboxylic acids is 1. The zero-order valence-corrected chi connectivity index (χ0v) is 12.0. The SMILES string of the molecule is COc1ccccc1CN(C)c1c(N)cccc1C(=O)O. The smallest absolute Gasteiger partial charge is 0.337 e. The summed E-state index contributed by atoms with van der Waals surface area (Å²) in [5, 5.41) is 9.30. The van der Waals surface area contributed by atoms with E-state index in [9.17, 15) is 9.90 Å². The summed E-state index contributed by atoms with van der Waals surface area (Å²) in [6, 6.07) is 12.5. The van der Waals surface area contributed by atoms with Crippen LogP contribution >= 0.6 is 0 Å². The average Bonchev–Trinajstić information content (AvgIpc) is 2.47. The molecule has 0 amide bonds. The molecular formula is C16H18N2O3. The highest BCUT2D eigenvalue weighted by Gasteiger charge is 2.17. The molecule has 0 aliphatic heterocycles. The number of carboxylic acids is 1. The van der Waals surface area contributed by atoms with Gasteiger partial charge in [-0.15, -0.1) is 0 Å². The standard InChI is InChI=1S/C16H18N2O3/c1-18(10-11-6-3-4-9-14(11)21-2)15-12(16(19)20)7-5-8-13(15)17/h3-9H,10,17H2,1-2H3,(H,19,20). The lowest BCUT2D eigenvalue weighted by molar-refractivity contribution is 0.0697. The summed E-state index contributed by atoms with van der Waals surface area (Å²) < 4.78 is 5.32. The molecule has 5 heteroatoms. The molecule has 0 aliphatic carbocycles. The number of nitrogens with two attached hydrogens (primary N) is 1. The Hall–Kier alpha value is -2.69. The maximum atomic E-state index is 11.3. The minimum absolute atomic E-state index is 0.187. The topological polar surface area (TPSA) is 75.8 Å². The second kappa shape index (κ2) is 6.17. The van der Waals surface area contributed by atoms with Gasteiger partial charge in [-0.1, -0.05) is 24.3 Å². The lowest BCUT2D eigenvalue weighted by Crippen LogP contribution is -2.21. The Morgan fingerprint density at radius 2 is 1.95 bits per heavy atom. The molecule has 2 rings (SSSR count). The minimum Gasteiger partial charge on any atom is -0.496 e. The van der Waals surface area contributed by atoms with Gasteiger partial charge in [-0.25, -0.2) is 4.79 Å². The van der Waals surface area contributed by atoms with Gasteiger partial charge in [0.05, 0.1) is 24.0 Å². The van der Waals surface area contributed by atoms with Crippen LogP contribution in [0, 0.1) is 0 Å². The van der Waals surface area contributed by atoms with E-state index in [1.807, 2.05) is 36.2 Å². The van der Waals surface area contributed by atoms with Crippen molar-refractivity contribution in [2.45, 2.75) is 6.54 Å². The van der Waals surface area contributed by atoms with Crippen molar-refractivity contribution in [2.24, 2.45) is 0 Å². The molecule has 0 saturated carbocycles. The van der Waals surface area contributed by atoms with Crippen molar-refractivity contribution in [1.29, 1.82) is 0 Å². The average molecular weight is 286 g/mol. The summed E-state index contributed by atoms with van der Waals surface area (Å²) in [6.07, 6.45) is 0. The van der Waals surface area contributed by atoms with E-state index in [1.54, 1.807) is 25.3 Å². The van der Waals surface area contributed by atoms with Crippen LogP contribution in [0.2, 0.25) is 0 Å². The van der Waals surface area contributed by atoms with Crippen LogP contribution in [0.25, 0.3) is 0 Å². The number of carbonyl (C=O) groups is 1. The van der Waals surface area contributed by atoms with Crippen LogP contribution in [-0.2, 0) is 6.54 Å². The Balaban J connectivity index is 2.37. The van der Waals surface area contributed by atoms with Crippen LogP contribution in [-0.4, -0.2) is 25.2 Å². The maximum absolute atomic E-state index is 11.3. The van der Waals surface area contributed by atoms with Gasteiger partial charge in [0.1, 0.15) is 5.75 Å². The molecule has 0 atom stereocenters. The van der Waals surface area contributed by atoms with Crippen molar-refractivity contribution < 1.29 is 14.6 Å². The first-order chi connectivity index (χ1) is 10.0. The largest absolute Gasteiger partial charge is 0.496 e. The zero-order chi connectivity index (χ0) is 15.4. The summed E-state index contributed by atoms with van der Waals surface area (Å²) in [6.45, 7) is 0.499. The van der Waals surface area contributed by atoms with Gasteiger partial charge in [0.25, 0.3) is 0 Å². The summed E-state index contributed by atoms with van der Waals surface area (Å²) in [4.78, 5) is 13.2. The summed E-state index contributed by atoms with van der Waals surface area (Å²) in [5.74, 6) is -0.236. The van der Waals surface area contributed by atoms with E-state index in [1.165, 1.54) is 0 Å². The molecule has 5 nitrogen and oxygen atoms in total. The molecule has 0 unspecified atom stereocenters. The third kappa shape index (κ3) is 3.08. The molecule has 110 valence electrons. The number of hydrogen-bond donors (Lipinski definition) is 2. The normalized spacial score (nSPS) is 10.2. The van der Waals surface area contributed by atoms with Gasteiger partial charge < -0.3 is 20.5 Å². The Kier molecular flexibility index (Phi) is 4.33. The molecule has 2 aromatic rings. The van der Waals surface area contributed by atoms with Gasteiger partial charge in [0.2, 0.25) is 0 Å². The molecule has 0 fully saturated rings. The van der Waals surface area contributed by atoms with Gasteiger partial charge in [-0.2, -0.15) is 0 Å². The number of hydrogen-bond acceptors (Lipinski definition) is 4. The molecule has 0 heterocycles. The minimum atomic E-state index is -0.996. The highest BCUT2D eigenvalue weighted by molar-refractivity contribution is 5.97. The predicted octanol–water partition coefficient (Wildman–Crippen LogP) is 2.61. The van der Waals surface area contributed by atoms with E-state index < -0.39 is 5.97 Å². The van der Waals surface area contributed by atoms with Crippen LogP contribution in [0.3, 0.4) is 0 Å². The number of para-hydroxylation sites is 2. The van der Waals surface area contributed by atoms with Gasteiger partial charge in [-0.3, -0.25) is 0 Å². The first-order valence-electron chi connectivity index (χ1n) is 6.49. The van der Waals surface area contributed by atoms with Gasteiger partial charge >= 0.3 is 5.97 Å². The quantitative estimate of drug-likeness (QED) is 0.826. The van der Waals surface area contributed by atoms with E-state index in [-0.39, 0.29) is 5.56 Å². The maximum Gasteiger partial charge on any atom is 0.337 e. The second-order valence-corrected chi connectivity index (χ2v) is 4.72. The van der Waals surface area contributed by atoms with Crippen molar-refractivity contribution in [3.05, 3.63) is 53.6 Å². The predicted molar refractivity (Wildman–Crippen MR) is 82.9 cm³/mol. The van der Waals surface area contributed by atoms with Gasteiger partial charge in [0, 0.05) is 19.2 Å². The summed E-state index contributed by atoms with van der Waals surface area (Å²) >= 11 is 0. The number of benzene rings is 2. The molecule has 0 saturated heterocycles. The fraction of sp³-hybridized carbons (Fsp3) is 0.188. The number of nitrogen functional groups attached to an aromatic ring is 1. The molecule has 0 aliphatic rings. The first kappa shape index (κ1) is 14.7. The number of nitrogens with zero attached hydrogens (tertiary/aromatic N) is 1. The highest BCUT2D eigenvalue weighted by Crippen LogP contribution is 2.29. The van der Waals surface area contributed by atoms with Crippen molar-refractivity contribution >= 4 is 17.3 Å². The van der Waals surface area contributed by atoms with Crippen LogP contribution < -0.4 is 15.4 Å². The Bertz CT molecular complexity index is 656. The Morgan fingerprint density at radius 1 is 1.24 bits per heavy atom. The lowest BCUT2D eigenvalue weighted by Gasteiger charge is -2.24. The van der Waals surface area contributed by atoms with Gasteiger partial charge in [0.15, 0.2) is 0 Å². The van der Waals surface area contributed by atoms with E-state index in [2.05, 4.69) is 0 Å². The molecule has 0 bridgehead atoms. The monoisotopic (exact) mass is 286 g/mol. The van der Waals surface area contributed by atoms with Crippen molar-refractivity contribution in [1.82, 2.24) is 0 Å². The van der Waals surface area contributed by atoms with E-state index in [4.69, 9.17) is 10.5 Å². The molecule has 0 spiro atoms. The highest BCUT2D eigenvalue weighted by atomic mass is 16.5. The van der Waals surface area contributed by atoms with E-state index in [0.717, 1.165) is 11.3 Å². The van der Waals surface area contributed by atoms with Crippen molar-refractivity contribution in [3.8, 4) is 5.75 Å². The first-order valence-corrected chi connectivity index (χ1v) is 6.49. The summed E-state index contributed by atoms with van der Waals surface area (Å²) in [7, 11) is 3.42. The van der Waals surface area contributed by atoms with Crippen molar-refractivity contribution in [3.63, 3.8) is 0 Å². The number of anilines is 2. The van der Waals surface area contributed by atoms with Crippen LogP contribution in [0.4, 0.5) is 11.4 Å². The Labute approximate surface area is 123 Å². The van der Waals surface area contributed by atoms with Crippen molar-refractivity contribution in [2.75, 3.05) is 24.8 Å². The van der Waals surface area contributed by atoms with Crippen LogP contribution in [0.15, 0.2) is 42.5 Å². The van der Waals surface area contributed by atoms with Crippen LogP contribution in [0.5, 0.6) is 5.75 Å². The number of rotatable bonds is 5. The number of methoxy groups -OCH3 is 1. The Morgan fingerprint density at radius 3 is 2.62 bits per heavy atom. The molecule has 0 aromatic heterocycles. The molecular weight excluding hydrogens is 268 g/mol. The molecule has 0 radical (unpaired) electrons. The molecule has 21 heavy (non-hydrogen) atoms. The fourth-order valence-corrected chi connectivity index (χ4v) is 2.33. The number of carboxylic acid groups (broad SMARTS) is 1. The number of ether oxygens (including phenoxy) is 1. The zero-order valence-electron chi connectivity index (χ0n) is 12.0. The van der Waals surface area contributed by atoms with Crippen LogP contribution in [0.1, 0.15) is 15.9 Å². The third-order valence-electron chi connectivity index (χ3n) is 3.28. The van der Waals surface area contributed by atoms with E-state index in [0.29, 0.717) is 17.9 Å². The fourth-order valence-electron chi connectivity index (χ4n) is 2.33.